The second kappa shape index (κ2) is 5.22. The molecular weight excluding hydrogens is 344 g/mol. The van der Waals surface area contributed by atoms with E-state index in [2.05, 4.69) is 26.2 Å². The van der Waals surface area contributed by atoms with Gasteiger partial charge in [-0.25, -0.2) is 0 Å². The van der Waals surface area contributed by atoms with Gasteiger partial charge in [-0.2, -0.15) is 0 Å². The summed E-state index contributed by atoms with van der Waals surface area (Å²) in [5, 5.41) is 29.5. The van der Waals surface area contributed by atoms with Crippen LogP contribution in [0.4, 0.5) is 0 Å². The van der Waals surface area contributed by atoms with Crippen molar-refractivity contribution < 1.29 is 9.80 Å². The van der Waals surface area contributed by atoms with Gasteiger partial charge in [0.1, 0.15) is 4.96 Å². The first-order chi connectivity index (χ1) is 9.63. The number of hydrogen-bond acceptors (Lipinski definition) is 5. The molecule has 6 nitrogen and oxygen atoms in total. The fourth-order valence-electron chi connectivity index (χ4n) is 1.69. The maximum atomic E-state index is 11.5. The molecule has 1 heterocycles. The molecule has 0 aliphatic heterocycles. The highest BCUT2D eigenvalue weighted by Gasteiger charge is 2.17. The maximum absolute atomic E-state index is 11.5. The molecule has 2 aromatic carbocycles. The van der Waals surface area contributed by atoms with E-state index in [0.717, 1.165) is 14.3 Å². The first-order valence-corrected chi connectivity index (χ1v) is 7.18. The third kappa shape index (κ3) is 2.52. The summed E-state index contributed by atoms with van der Waals surface area (Å²) < 4.78 is 0.746. The van der Waals surface area contributed by atoms with Crippen molar-refractivity contribution in [2.24, 2.45) is 0 Å². The van der Waals surface area contributed by atoms with E-state index in [1.165, 1.54) is 11.8 Å². The van der Waals surface area contributed by atoms with Gasteiger partial charge in [0.05, 0.1) is 5.10 Å². The quantitative estimate of drug-likeness (QED) is 0.520. The van der Waals surface area contributed by atoms with Gasteiger partial charge in [-0.3, -0.25) is 0 Å². The van der Waals surface area contributed by atoms with Crippen LogP contribution in [0.25, 0.3) is 11.0 Å². The molecule has 0 radical (unpaired) electrons. The van der Waals surface area contributed by atoms with Crippen LogP contribution in [-0.4, -0.2) is 10.3 Å². The Balaban J connectivity index is 2.10. The zero-order chi connectivity index (χ0) is 14.1. The van der Waals surface area contributed by atoms with Crippen LogP contribution >= 0.6 is 27.7 Å². The molecule has 0 bridgehead atoms. The van der Waals surface area contributed by atoms with Crippen molar-refractivity contribution in [3.05, 3.63) is 57.4 Å². The van der Waals surface area contributed by atoms with Crippen molar-refractivity contribution in [1.82, 2.24) is 10.3 Å². The van der Waals surface area contributed by atoms with Crippen LogP contribution in [0.5, 0.6) is 0 Å². The highest BCUT2D eigenvalue weighted by atomic mass is 79.9. The smallest absolute Gasteiger partial charge is 0.326 e. The second-order valence-electron chi connectivity index (χ2n) is 3.90. The first-order valence-electron chi connectivity index (χ1n) is 5.57. The summed E-state index contributed by atoms with van der Waals surface area (Å²) in [5.74, 6) is 0. The molecule has 100 valence electrons. The van der Waals surface area contributed by atoms with E-state index in [-0.39, 0.29) is 15.3 Å². The standard InChI is InChI=1S/C12H7BrN4O2S/c13-9-6-11-10(14-17(19)15-16(11)18)7-12(9)20-8-4-2-1-3-5-8/h1-7H. The molecule has 0 fully saturated rings. The van der Waals surface area contributed by atoms with Crippen LogP contribution in [0, 0.1) is 10.4 Å². The van der Waals surface area contributed by atoms with Gasteiger partial charge >= 0.3 is 5.21 Å². The van der Waals surface area contributed by atoms with Crippen LogP contribution in [0.2, 0.25) is 0 Å². The molecule has 0 saturated carbocycles. The number of nitrogens with zero attached hydrogens (tertiary/aromatic N) is 4. The largest absolute Gasteiger partial charge is 0.590 e. The van der Waals surface area contributed by atoms with Crippen LogP contribution in [-0.2, 0) is 0 Å². The fraction of sp³-hybridized carbons (Fsp3) is 0. The second-order valence-corrected chi connectivity index (χ2v) is 5.87. The molecule has 0 amide bonds. The molecule has 0 aliphatic carbocycles. The lowest BCUT2D eigenvalue weighted by molar-refractivity contribution is -0.863. The Morgan fingerprint density at radius 1 is 1.10 bits per heavy atom. The third-order valence-corrected chi connectivity index (χ3v) is 4.54. The van der Waals surface area contributed by atoms with E-state index in [1.54, 1.807) is 12.1 Å². The minimum atomic E-state index is 0.0141. The SMILES string of the molecule is [O-][n+]1nc2cc(Sc3ccccc3)c(Br)cc2[n+]([O-])n1. The van der Waals surface area contributed by atoms with Gasteiger partial charge in [-0.1, -0.05) is 30.0 Å². The summed E-state index contributed by atoms with van der Waals surface area (Å²) in [6, 6.07) is 13.1. The van der Waals surface area contributed by atoms with Crippen molar-refractivity contribution in [3.8, 4) is 0 Å². The summed E-state index contributed by atoms with van der Waals surface area (Å²) >= 11 is 4.92. The van der Waals surface area contributed by atoms with Crippen LogP contribution in [0.1, 0.15) is 0 Å². The van der Waals surface area contributed by atoms with Crippen LogP contribution < -0.4 is 9.80 Å². The molecule has 3 aromatic rings. The fourth-order valence-corrected chi connectivity index (χ4v) is 3.14. The molecular formula is C12H7BrN4O2S. The maximum Gasteiger partial charge on any atom is 0.326 e. The Bertz CT molecular complexity index is 785. The van der Waals surface area contributed by atoms with Gasteiger partial charge in [0, 0.05) is 25.2 Å². The zero-order valence-corrected chi connectivity index (χ0v) is 12.3. The van der Waals surface area contributed by atoms with E-state index in [4.69, 9.17) is 0 Å². The molecule has 0 N–H and O–H groups in total. The number of rotatable bonds is 2. The van der Waals surface area contributed by atoms with Crippen molar-refractivity contribution >= 4 is 38.7 Å². The van der Waals surface area contributed by atoms with Crippen molar-refractivity contribution in [2.75, 3.05) is 0 Å². The molecule has 3 rings (SSSR count). The summed E-state index contributed by atoms with van der Waals surface area (Å²) in [6.07, 6.45) is 0. The molecule has 0 saturated heterocycles. The normalized spacial score (nSPS) is 10.8. The molecule has 1 aromatic heterocycles. The first kappa shape index (κ1) is 13.1. The van der Waals surface area contributed by atoms with Gasteiger partial charge in [-0.15, -0.1) is 0 Å². The Morgan fingerprint density at radius 3 is 2.60 bits per heavy atom. The number of fused-ring (bicyclic) bond motifs is 1. The Kier molecular flexibility index (Phi) is 3.41. The molecule has 0 atom stereocenters. The third-order valence-electron chi connectivity index (χ3n) is 2.56. The van der Waals surface area contributed by atoms with Gasteiger partial charge in [0.2, 0.25) is 5.52 Å². The van der Waals surface area contributed by atoms with Gasteiger partial charge in [-0.05, 0) is 34.1 Å². The van der Waals surface area contributed by atoms with E-state index < -0.39 is 0 Å². The lowest BCUT2D eigenvalue weighted by Gasteiger charge is -2.04. The molecule has 0 aliphatic rings. The average Bonchev–Trinajstić information content (AvgIpc) is 2.42. The van der Waals surface area contributed by atoms with E-state index in [1.807, 2.05) is 30.3 Å². The van der Waals surface area contributed by atoms with Gasteiger partial charge in [0.25, 0.3) is 5.52 Å². The predicted molar refractivity (Wildman–Crippen MR) is 75.7 cm³/mol. The van der Waals surface area contributed by atoms with Gasteiger partial charge in [0.15, 0.2) is 0 Å². The lowest BCUT2D eigenvalue weighted by atomic mass is 10.3. The number of benzene rings is 2. The topological polar surface area (TPSA) is 79.7 Å². The number of hydrogen-bond donors (Lipinski definition) is 0. The summed E-state index contributed by atoms with van der Waals surface area (Å²) in [4.78, 5) is 2.19. The summed E-state index contributed by atoms with van der Waals surface area (Å²) in [7, 11) is 0. The lowest BCUT2D eigenvalue weighted by Crippen LogP contribution is -2.50. The Labute approximate surface area is 126 Å². The predicted octanol–water partition coefficient (Wildman–Crippen LogP) is 1.81. The Hall–Kier alpha value is -1.93. The number of aromatic nitrogens is 4. The minimum absolute atomic E-state index is 0.0141. The molecule has 0 unspecified atom stereocenters. The van der Waals surface area contributed by atoms with Crippen molar-refractivity contribution in [1.29, 1.82) is 0 Å². The minimum Gasteiger partial charge on any atom is -0.590 e. The van der Waals surface area contributed by atoms with Crippen LogP contribution in [0.3, 0.4) is 0 Å². The summed E-state index contributed by atoms with van der Waals surface area (Å²) in [6.45, 7) is 0. The van der Waals surface area contributed by atoms with E-state index in [9.17, 15) is 10.4 Å². The highest BCUT2D eigenvalue weighted by molar-refractivity contribution is 9.10. The van der Waals surface area contributed by atoms with Crippen molar-refractivity contribution in [2.45, 2.75) is 9.79 Å². The molecule has 0 spiro atoms. The van der Waals surface area contributed by atoms with Gasteiger partial charge < -0.3 is 10.4 Å². The molecule has 8 heteroatoms. The van der Waals surface area contributed by atoms with E-state index >= 15 is 0 Å². The highest BCUT2D eigenvalue weighted by Crippen LogP contribution is 2.34. The van der Waals surface area contributed by atoms with Crippen LogP contribution in [0.15, 0.2) is 56.7 Å². The number of halogens is 1. The average molecular weight is 351 g/mol. The van der Waals surface area contributed by atoms with Crippen molar-refractivity contribution in [3.63, 3.8) is 0 Å². The monoisotopic (exact) mass is 350 g/mol. The Morgan fingerprint density at radius 2 is 1.85 bits per heavy atom. The zero-order valence-electron chi connectivity index (χ0n) is 9.93. The molecule has 20 heavy (non-hydrogen) atoms. The summed E-state index contributed by atoms with van der Waals surface area (Å²) in [5.41, 5.74) is 0.535. The van der Waals surface area contributed by atoms with E-state index in [0.29, 0.717) is 5.52 Å².